The fraction of sp³-hybridized carbons (Fsp3) is 0.0526. The second-order valence-electron chi connectivity index (χ2n) is 4.90. The van der Waals surface area contributed by atoms with E-state index in [4.69, 9.17) is 11.1 Å². The van der Waals surface area contributed by atoms with E-state index in [1.165, 1.54) is 11.1 Å². The normalized spacial score (nSPS) is 9.57. The van der Waals surface area contributed by atoms with Gasteiger partial charge in [-0.05, 0) is 12.1 Å². The smallest absolute Gasteiger partial charge is 0.123 e. The molecule has 3 rings (SSSR count). The van der Waals surface area contributed by atoms with Crippen molar-refractivity contribution in [2.45, 2.75) is 6.42 Å². The van der Waals surface area contributed by atoms with Gasteiger partial charge in [0.2, 0.25) is 0 Å². The van der Waals surface area contributed by atoms with Gasteiger partial charge in [0.25, 0.3) is 0 Å². The fourth-order valence-corrected chi connectivity index (χ4v) is 2.51. The van der Waals surface area contributed by atoms with E-state index in [0.29, 0.717) is 10.4 Å². The number of pyridine rings is 1. The Kier molecular flexibility index (Phi) is 6.55. The molecule has 0 saturated carbocycles. The zero-order valence-corrected chi connectivity index (χ0v) is 14.4. The first-order chi connectivity index (χ1) is 11.2. The molecule has 2 aromatic carbocycles. The van der Waals surface area contributed by atoms with E-state index in [2.05, 4.69) is 39.2 Å². The van der Waals surface area contributed by atoms with Gasteiger partial charge in [-0.15, -0.1) is 0 Å². The second-order valence-corrected chi connectivity index (χ2v) is 5.76. The Balaban J connectivity index is 0.000000229. The zero-order valence-electron chi connectivity index (χ0n) is 12.6. The van der Waals surface area contributed by atoms with Crippen LogP contribution in [-0.2, 0) is 6.42 Å². The van der Waals surface area contributed by atoms with E-state index in [0.717, 1.165) is 12.0 Å². The zero-order chi connectivity index (χ0) is 16.5. The van der Waals surface area contributed by atoms with E-state index in [1.54, 1.807) is 12.3 Å². The minimum atomic E-state index is 0.506. The first-order valence-corrected chi connectivity index (χ1v) is 8.06. The topological polar surface area (TPSA) is 62.8 Å². The van der Waals surface area contributed by atoms with Crippen LogP contribution >= 0.6 is 0 Å². The van der Waals surface area contributed by atoms with Crippen molar-refractivity contribution in [1.29, 1.82) is 5.41 Å². The molecule has 0 bridgehead atoms. The van der Waals surface area contributed by atoms with Crippen LogP contribution in [0.15, 0.2) is 79.0 Å². The Hall–Kier alpha value is -2.42. The number of nitrogen functional groups attached to an aromatic ring is 1. The number of benzene rings is 2. The van der Waals surface area contributed by atoms with Crippen LogP contribution in [-0.4, -0.2) is 25.6 Å². The summed E-state index contributed by atoms with van der Waals surface area (Å²) in [5.74, 6) is 0.572. The van der Waals surface area contributed by atoms with Crippen molar-refractivity contribution < 1.29 is 0 Å². The minimum absolute atomic E-state index is 0.506. The van der Waals surface area contributed by atoms with Crippen LogP contribution in [0.4, 0.5) is 5.82 Å². The first kappa shape index (κ1) is 16.9. The van der Waals surface area contributed by atoms with Gasteiger partial charge in [-0.3, -0.25) is 0 Å². The van der Waals surface area contributed by atoms with Gasteiger partial charge < -0.3 is 5.73 Å². The van der Waals surface area contributed by atoms with Crippen LogP contribution < -0.4 is 5.73 Å². The van der Waals surface area contributed by atoms with Crippen LogP contribution in [0.25, 0.3) is 0 Å². The number of nitrogens with zero attached hydrogens (tertiary/aromatic N) is 1. The molecule has 115 valence electrons. The van der Waals surface area contributed by atoms with Gasteiger partial charge in [-0.2, -0.15) is 0 Å². The molecule has 3 nitrogen and oxygen atoms in total. The van der Waals surface area contributed by atoms with Gasteiger partial charge in [0.1, 0.15) is 5.82 Å². The van der Waals surface area contributed by atoms with Crippen LogP contribution in [0.2, 0.25) is 0 Å². The molecule has 4 heteroatoms. The molecule has 3 N–H and O–H groups in total. The second kappa shape index (κ2) is 8.89. The Morgan fingerprint density at radius 3 is 2.13 bits per heavy atom. The maximum absolute atomic E-state index is 7.69. The number of anilines is 1. The Morgan fingerprint density at radius 1 is 0.913 bits per heavy atom. The maximum Gasteiger partial charge on any atom is 0.123 e. The van der Waals surface area contributed by atoms with Crippen LogP contribution in [0, 0.1) is 5.41 Å². The number of aromatic nitrogens is 1. The molecule has 0 aliphatic heterocycles. The largest absolute Gasteiger partial charge is 0.384 e. The average molecular weight is 367 g/mol. The third-order valence-corrected chi connectivity index (χ3v) is 3.65. The molecule has 0 spiro atoms. The molecule has 1 radical (unpaired) electrons. The van der Waals surface area contributed by atoms with Crippen LogP contribution in [0.1, 0.15) is 16.7 Å². The molecule has 1 heterocycles. The first-order valence-electron chi connectivity index (χ1n) is 7.21. The molecule has 0 aliphatic rings. The van der Waals surface area contributed by atoms with Crippen molar-refractivity contribution in [3.05, 3.63) is 95.7 Å². The Morgan fingerprint density at radius 2 is 1.57 bits per heavy atom. The summed E-state index contributed by atoms with van der Waals surface area (Å²) >= 11 is 2.77. The summed E-state index contributed by atoms with van der Waals surface area (Å²) in [5.41, 5.74) is 8.71. The quantitative estimate of drug-likeness (QED) is 0.550. The van der Waals surface area contributed by atoms with Crippen molar-refractivity contribution in [1.82, 2.24) is 4.98 Å². The third kappa shape index (κ3) is 5.70. The maximum atomic E-state index is 7.69. The number of hydrogen-bond acceptors (Lipinski definition) is 3. The molecule has 0 amide bonds. The summed E-state index contributed by atoms with van der Waals surface area (Å²) < 4.78 is 0.506. The van der Waals surface area contributed by atoms with Crippen LogP contribution in [0.5, 0.6) is 0 Å². The van der Waals surface area contributed by atoms with Crippen molar-refractivity contribution in [3.63, 3.8) is 0 Å². The molecule has 1 aromatic heterocycles. The Bertz CT molecular complexity index is 743. The SMILES string of the molecule is N=C([Se])c1ccccc1Cc1ccccc1.Nc1ccccn1. The van der Waals surface area contributed by atoms with E-state index in [9.17, 15) is 0 Å². The molecule has 0 atom stereocenters. The summed E-state index contributed by atoms with van der Waals surface area (Å²) in [4.78, 5) is 3.76. The average Bonchev–Trinajstić information content (AvgIpc) is 2.57. The standard InChI is InChI=1S/C14H12NSe.C5H6N2/c15-14(16)13-9-5-4-8-12(13)10-11-6-2-1-3-7-11;6-5-3-1-2-4-7-5/h1-9,15H,10H2;1-4H,(H2,6,7). The molecule has 0 aliphatic carbocycles. The molecule has 23 heavy (non-hydrogen) atoms. The van der Waals surface area contributed by atoms with E-state index >= 15 is 0 Å². The van der Waals surface area contributed by atoms with Gasteiger partial charge in [-0.1, -0.05) is 6.07 Å². The Labute approximate surface area is 144 Å². The van der Waals surface area contributed by atoms with Crippen molar-refractivity contribution in [2.24, 2.45) is 0 Å². The number of nitrogens with two attached hydrogens (primary N) is 1. The van der Waals surface area contributed by atoms with Gasteiger partial charge in [0, 0.05) is 6.20 Å². The number of rotatable bonds is 3. The summed E-state index contributed by atoms with van der Waals surface area (Å²) in [6, 6.07) is 23.8. The number of hydrogen-bond donors (Lipinski definition) is 2. The van der Waals surface area contributed by atoms with E-state index in [1.807, 2.05) is 48.5 Å². The van der Waals surface area contributed by atoms with Gasteiger partial charge in [0.05, 0.1) is 0 Å². The summed E-state index contributed by atoms with van der Waals surface area (Å²) in [5, 5.41) is 7.69. The summed E-state index contributed by atoms with van der Waals surface area (Å²) in [6.07, 6.45) is 2.54. The van der Waals surface area contributed by atoms with Gasteiger partial charge in [-0.25, -0.2) is 4.98 Å². The minimum Gasteiger partial charge on any atom is -0.384 e. The molecule has 3 aromatic rings. The predicted octanol–water partition coefficient (Wildman–Crippen LogP) is 3.44. The van der Waals surface area contributed by atoms with E-state index in [-0.39, 0.29) is 0 Å². The van der Waals surface area contributed by atoms with E-state index < -0.39 is 0 Å². The van der Waals surface area contributed by atoms with Gasteiger partial charge >= 0.3 is 104 Å². The number of nitrogens with one attached hydrogen (secondary N) is 1. The molecule has 0 fully saturated rings. The molecular formula is C19H18N3Se. The van der Waals surface area contributed by atoms with Crippen molar-refractivity contribution >= 4 is 26.4 Å². The summed E-state index contributed by atoms with van der Waals surface area (Å²) in [7, 11) is 0. The fourth-order valence-electron chi connectivity index (χ4n) is 2.09. The molecular weight excluding hydrogens is 349 g/mol. The monoisotopic (exact) mass is 368 g/mol. The van der Waals surface area contributed by atoms with Crippen molar-refractivity contribution in [2.75, 3.05) is 5.73 Å². The van der Waals surface area contributed by atoms with Crippen LogP contribution in [0.3, 0.4) is 0 Å². The predicted molar refractivity (Wildman–Crippen MR) is 96.9 cm³/mol. The molecule has 0 unspecified atom stereocenters. The summed E-state index contributed by atoms with van der Waals surface area (Å²) in [6.45, 7) is 0. The third-order valence-electron chi connectivity index (χ3n) is 3.19. The van der Waals surface area contributed by atoms with Crippen molar-refractivity contribution in [3.8, 4) is 0 Å². The van der Waals surface area contributed by atoms with Gasteiger partial charge in [0.15, 0.2) is 0 Å². The molecule has 0 saturated heterocycles.